The molecule has 0 aliphatic heterocycles. The van der Waals surface area contributed by atoms with Crippen molar-refractivity contribution in [2.75, 3.05) is 6.61 Å². The lowest BCUT2D eigenvalue weighted by atomic mass is 10.2. The minimum absolute atomic E-state index is 0.257. The maximum atomic E-state index is 11.6. The molecule has 1 aromatic heterocycles. The van der Waals surface area contributed by atoms with Crippen LogP contribution in [0.2, 0.25) is 0 Å². The van der Waals surface area contributed by atoms with Gasteiger partial charge in [-0.25, -0.2) is 4.79 Å². The van der Waals surface area contributed by atoms with Gasteiger partial charge in [0, 0.05) is 0 Å². The van der Waals surface area contributed by atoms with Crippen molar-refractivity contribution in [1.82, 2.24) is 9.78 Å². The maximum absolute atomic E-state index is 11.6. The molecular weight excluding hydrogens is 218 g/mol. The van der Waals surface area contributed by atoms with Crippen LogP contribution in [0.4, 0.5) is 0 Å². The summed E-state index contributed by atoms with van der Waals surface area (Å²) in [5.74, 6) is -0.465. The summed E-state index contributed by atoms with van der Waals surface area (Å²) < 4.78 is 6.58. The maximum Gasteiger partial charge on any atom is 0.342 e. The molecule has 90 valence electrons. The van der Waals surface area contributed by atoms with Crippen molar-refractivity contribution in [3.8, 4) is 6.07 Å². The van der Waals surface area contributed by atoms with Gasteiger partial charge in [-0.2, -0.15) is 10.4 Å². The monoisotopic (exact) mass is 233 g/mol. The molecule has 5 nitrogen and oxygen atoms in total. The first-order chi connectivity index (χ1) is 8.27. The van der Waals surface area contributed by atoms with Crippen LogP contribution in [0.15, 0.2) is 6.20 Å². The van der Waals surface area contributed by atoms with Crippen LogP contribution >= 0.6 is 0 Å². The molecule has 2 rings (SSSR count). The van der Waals surface area contributed by atoms with Crippen LogP contribution < -0.4 is 0 Å². The van der Waals surface area contributed by atoms with Crippen molar-refractivity contribution in [2.24, 2.45) is 0 Å². The molecular formula is C12H15N3O2. The summed E-state index contributed by atoms with van der Waals surface area (Å²) in [6.07, 6.45) is 5.81. The highest BCUT2D eigenvalue weighted by Gasteiger charge is 2.25. The molecule has 0 bridgehead atoms. The van der Waals surface area contributed by atoms with Crippen LogP contribution in [0, 0.1) is 11.3 Å². The SMILES string of the molecule is CCOC(=O)c1cnn(C2CCCC2)c1C#N. The van der Waals surface area contributed by atoms with E-state index in [1.54, 1.807) is 11.6 Å². The third kappa shape index (κ3) is 2.16. The highest BCUT2D eigenvalue weighted by molar-refractivity contribution is 5.91. The summed E-state index contributed by atoms with van der Waals surface area (Å²) in [5, 5.41) is 13.3. The Morgan fingerprint density at radius 3 is 2.94 bits per heavy atom. The minimum Gasteiger partial charge on any atom is -0.462 e. The van der Waals surface area contributed by atoms with Crippen molar-refractivity contribution in [2.45, 2.75) is 38.6 Å². The molecule has 0 N–H and O–H groups in total. The summed E-state index contributed by atoms with van der Waals surface area (Å²) in [7, 11) is 0. The van der Waals surface area contributed by atoms with Crippen LogP contribution in [0.25, 0.3) is 0 Å². The molecule has 0 aromatic carbocycles. The van der Waals surface area contributed by atoms with Gasteiger partial charge in [-0.15, -0.1) is 0 Å². The average Bonchev–Trinajstić information content (AvgIpc) is 2.97. The molecule has 5 heteroatoms. The molecule has 1 aromatic rings. The molecule has 0 atom stereocenters. The number of hydrogen-bond donors (Lipinski definition) is 0. The Labute approximate surface area is 100.0 Å². The molecule has 0 amide bonds. The van der Waals surface area contributed by atoms with Gasteiger partial charge in [0.2, 0.25) is 0 Å². The van der Waals surface area contributed by atoms with Crippen molar-refractivity contribution >= 4 is 5.97 Å². The number of nitrogens with zero attached hydrogens (tertiary/aromatic N) is 3. The molecule has 0 saturated heterocycles. The first kappa shape index (κ1) is 11.6. The zero-order valence-electron chi connectivity index (χ0n) is 9.85. The lowest BCUT2D eigenvalue weighted by molar-refractivity contribution is 0.0526. The number of aromatic nitrogens is 2. The standard InChI is InChI=1S/C12H15N3O2/c1-2-17-12(16)10-8-14-15(11(10)7-13)9-5-3-4-6-9/h8-9H,2-6H2,1H3. The fourth-order valence-electron chi connectivity index (χ4n) is 2.26. The first-order valence-corrected chi connectivity index (χ1v) is 5.92. The Kier molecular flexibility index (Phi) is 3.43. The van der Waals surface area contributed by atoms with Gasteiger partial charge >= 0.3 is 5.97 Å². The van der Waals surface area contributed by atoms with Crippen molar-refractivity contribution < 1.29 is 9.53 Å². The van der Waals surface area contributed by atoms with Gasteiger partial charge in [0.15, 0.2) is 5.69 Å². The third-order valence-electron chi connectivity index (χ3n) is 3.07. The number of hydrogen-bond acceptors (Lipinski definition) is 4. The summed E-state index contributed by atoms with van der Waals surface area (Å²) >= 11 is 0. The predicted molar refractivity (Wildman–Crippen MR) is 60.4 cm³/mol. The second kappa shape index (κ2) is 5.00. The van der Waals surface area contributed by atoms with E-state index < -0.39 is 5.97 Å². The van der Waals surface area contributed by atoms with E-state index in [9.17, 15) is 4.79 Å². The third-order valence-corrected chi connectivity index (χ3v) is 3.07. The van der Waals surface area contributed by atoms with Gasteiger partial charge in [-0.3, -0.25) is 4.68 Å². The topological polar surface area (TPSA) is 67.9 Å². The molecule has 17 heavy (non-hydrogen) atoms. The van der Waals surface area contributed by atoms with Crippen LogP contribution in [-0.4, -0.2) is 22.4 Å². The second-order valence-corrected chi connectivity index (χ2v) is 4.12. The normalized spacial score (nSPS) is 15.8. The highest BCUT2D eigenvalue weighted by atomic mass is 16.5. The number of rotatable bonds is 3. The van der Waals surface area contributed by atoms with Gasteiger partial charge in [0.1, 0.15) is 11.6 Å². The van der Waals surface area contributed by atoms with E-state index in [4.69, 9.17) is 10.00 Å². The summed E-state index contributed by atoms with van der Waals surface area (Å²) in [5.41, 5.74) is 0.608. The molecule has 1 fully saturated rings. The van der Waals surface area contributed by atoms with E-state index >= 15 is 0 Å². The van der Waals surface area contributed by atoms with Gasteiger partial charge < -0.3 is 4.74 Å². The molecule has 0 unspecified atom stereocenters. The lowest BCUT2D eigenvalue weighted by Crippen LogP contribution is -2.11. The Morgan fingerprint density at radius 2 is 2.35 bits per heavy atom. The van der Waals surface area contributed by atoms with Gasteiger partial charge in [-0.05, 0) is 19.8 Å². The van der Waals surface area contributed by atoms with Crippen molar-refractivity contribution in [3.63, 3.8) is 0 Å². The Bertz CT molecular complexity index is 453. The molecule has 1 heterocycles. The highest BCUT2D eigenvalue weighted by Crippen LogP contribution is 2.30. The zero-order valence-corrected chi connectivity index (χ0v) is 9.85. The van der Waals surface area contributed by atoms with Crippen molar-refractivity contribution in [1.29, 1.82) is 5.26 Å². The van der Waals surface area contributed by atoms with Gasteiger partial charge in [-0.1, -0.05) is 12.8 Å². The van der Waals surface area contributed by atoms with E-state index in [0.717, 1.165) is 25.7 Å². The van der Waals surface area contributed by atoms with E-state index in [1.807, 2.05) is 0 Å². The largest absolute Gasteiger partial charge is 0.462 e. The number of nitriles is 1. The minimum atomic E-state index is -0.465. The number of carbonyl (C=O) groups is 1. The smallest absolute Gasteiger partial charge is 0.342 e. The Balaban J connectivity index is 2.30. The molecule has 0 spiro atoms. The number of esters is 1. The van der Waals surface area contributed by atoms with E-state index in [-0.39, 0.29) is 11.6 Å². The van der Waals surface area contributed by atoms with Crippen LogP contribution in [0.5, 0.6) is 0 Å². The van der Waals surface area contributed by atoms with E-state index in [2.05, 4.69) is 11.2 Å². The number of ether oxygens (including phenoxy) is 1. The average molecular weight is 233 g/mol. The van der Waals surface area contributed by atoms with Crippen LogP contribution in [-0.2, 0) is 4.74 Å². The van der Waals surface area contributed by atoms with Gasteiger partial charge in [0.05, 0.1) is 18.8 Å². The number of carbonyl (C=O) groups excluding carboxylic acids is 1. The molecule has 1 aliphatic rings. The fourth-order valence-corrected chi connectivity index (χ4v) is 2.26. The quantitative estimate of drug-likeness (QED) is 0.749. The van der Waals surface area contributed by atoms with Crippen LogP contribution in [0.3, 0.4) is 0 Å². The van der Waals surface area contributed by atoms with Gasteiger partial charge in [0.25, 0.3) is 0 Å². The predicted octanol–water partition coefficient (Wildman–Crippen LogP) is 2.05. The van der Waals surface area contributed by atoms with Crippen LogP contribution in [0.1, 0.15) is 54.7 Å². The first-order valence-electron chi connectivity index (χ1n) is 5.92. The zero-order chi connectivity index (χ0) is 12.3. The fraction of sp³-hybridized carbons (Fsp3) is 0.583. The van der Waals surface area contributed by atoms with Crippen molar-refractivity contribution in [3.05, 3.63) is 17.5 Å². The van der Waals surface area contributed by atoms with E-state index in [1.165, 1.54) is 6.20 Å². The molecule has 1 saturated carbocycles. The Hall–Kier alpha value is -1.83. The summed E-state index contributed by atoms with van der Waals surface area (Å²) in [6.45, 7) is 2.05. The summed E-state index contributed by atoms with van der Waals surface area (Å²) in [6, 6.07) is 2.32. The molecule has 0 radical (unpaired) electrons. The second-order valence-electron chi connectivity index (χ2n) is 4.12. The lowest BCUT2D eigenvalue weighted by Gasteiger charge is -2.10. The van der Waals surface area contributed by atoms with E-state index in [0.29, 0.717) is 12.3 Å². The summed E-state index contributed by atoms with van der Waals surface area (Å²) in [4.78, 5) is 11.6. The molecule has 1 aliphatic carbocycles. The Morgan fingerprint density at radius 1 is 1.65 bits per heavy atom.